The Labute approximate surface area is 111 Å². The molecule has 0 saturated carbocycles. The van der Waals surface area contributed by atoms with E-state index in [9.17, 15) is 0 Å². The molecule has 0 aliphatic carbocycles. The molecular weight excluding hydrogens is 236 g/mol. The zero-order valence-electron chi connectivity index (χ0n) is 10.6. The van der Waals surface area contributed by atoms with Crippen LogP contribution in [0, 0.1) is 0 Å². The molecule has 0 radical (unpaired) electrons. The molecule has 0 aliphatic heterocycles. The first-order chi connectivity index (χ1) is 8.92. The van der Waals surface area contributed by atoms with Gasteiger partial charge in [-0.25, -0.2) is 0 Å². The summed E-state index contributed by atoms with van der Waals surface area (Å²) in [6.07, 6.45) is 0.947. The van der Waals surface area contributed by atoms with Crippen LogP contribution < -0.4 is 0 Å². The molecule has 2 rings (SSSR count). The maximum atomic E-state index is 8.94. The second-order valence-electron chi connectivity index (χ2n) is 4.59. The summed E-state index contributed by atoms with van der Waals surface area (Å²) < 4.78 is 0. The predicted octanol–water partition coefficient (Wildman–Crippen LogP) is 2.75. The van der Waals surface area contributed by atoms with Crippen LogP contribution in [0.4, 0.5) is 0 Å². The van der Waals surface area contributed by atoms with Crippen molar-refractivity contribution >= 4 is 9.52 Å². The number of rotatable bonds is 6. The third-order valence-electron chi connectivity index (χ3n) is 3.30. The molecule has 2 aromatic carbocycles. The smallest absolute Gasteiger partial charge is 0.0428 e. The van der Waals surface area contributed by atoms with Gasteiger partial charge in [0.15, 0.2) is 0 Å². The average Bonchev–Trinajstić information content (AvgIpc) is 2.46. The van der Waals surface area contributed by atoms with Crippen molar-refractivity contribution < 1.29 is 5.11 Å². The molecule has 0 spiro atoms. The van der Waals surface area contributed by atoms with Crippen LogP contribution in [-0.2, 0) is 0 Å². The van der Waals surface area contributed by atoms with E-state index in [0.29, 0.717) is 12.1 Å². The normalized spacial score (nSPS) is 11.4. The lowest BCUT2D eigenvalue weighted by atomic mass is 10.0. The SMILES string of the molecule is OCCC[SiH2]C(c1ccccc1)c1ccccc1. The van der Waals surface area contributed by atoms with Gasteiger partial charge in [0.25, 0.3) is 0 Å². The van der Waals surface area contributed by atoms with Gasteiger partial charge in [-0.3, -0.25) is 0 Å². The lowest BCUT2D eigenvalue weighted by Gasteiger charge is -2.17. The molecule has 0 atom stereocenters. The zero-order chi connectivity index (χ0) is 12.6. The van der Waals surface area contributed by atoms with Crippen molar-refractivity contribution in [2.45, 2.75) is 18.0 Å². The fraction of sp³-hybridized carbons (Fsp3) is 0.250. The number of hydrogen-bond acceptors (Lipinski definition) is 1. The number of benzene rings is 2. The molecule has 0 aliphatic rings. The molecule has 94 valence electrons. The summed E-state index contributed by atoms with van der Waals surface area (Å²) in [5.74, 6) is 0. The van der Waals surface area contributed by atoms with Crippen molar-refractivity contribution in [1.82, 2.24) is 0 Å². The highest BCUT2D eigenvalue weighted by molar-refractivity contribution is 6.39. The average molecular weight is 256 g/mol. The Bertz CT molecular complexity index is 402. The van der Waals surface area contributed by atoms with Crippen molar-refractivity contribution in [2.75, 3.05) is 6.61 Å². The third-order valence-corrected chi connectivity index (χ3v) is 5.73. The summed E-state index contributed by atoms with van der Waals surface area (Å²) in [7, 11) is -0.242. The molecule has 1 N–H and O–H groups in total. The number of hydrogen-bond donors (Lipinski definition) is 1. The van der Waals surface area contributed by atoms with Crippen LogP contribution in [0.3, 0.4) is 0 Å². The van der Waals surface area contributed by atoms with E-state index >= 15 is 0 Å². The van der Waals surface area contributed by atoms with E-state index in [2.05, 4.69) is 60.7 Å². The van der Waals surface area contributed by atoms with Gasteiger partial charge in [0.05, 0.1) is 0 Å². The van der Waals surface area contributed by atoms with E-state index in [1.165, 1.54) is 17.2 Å². The van der Waals surface area contributed by atoms with Gasteiger partial charge < -0.3 is 5.11 Å². The molecule has 0 amide bonds. The van der Waals surface area contributed by atoms with Crippen molar-refractivity contribution in [3.63, 3.8) is 0 Å². The zero-order valence-corrected chi connectivity index (χ0v) is 12.0. The molecule has 0 heterocycles. The lowest BCUT2D eigenvalue weighted by Crippen LogP contribution is -2.10. The maximum Gasteiger partial charge on any atom is 0.0428 e. The van der Waals surface area contributed by atoms with Crippen LogP contribution in [0.25, 0.3) is 0 Å². The second-order valence-corrected chi connectivity index (χ2v) is 6.69. The Morgan fingerprint density at radius 2 is 1.33 bits per heavy atom. The van der Waals surface area contributed by atoms with Crippen LogP contribution in [0.2, 0.25) is 6.04 Å². The Balaban J connectivity index is 2.18. The van der Waals surface area contributed by atoms with Crippen LogP contribution in [0.15, 0.2) is 60.7 Å². The predicted molar refractivity (Wildman–Crippen MR) is 79.8 cm³/mol. The Morgan fingerprint density at radius 1 is 0.833 bits per heavy atom. The van der Waals surface area contributed by atoms with E-state index in [4.69, 9.17) is 5.11 Å². The molecule has 0 fully saturated rings. The highest BCUT2D eigenvalue weighted by Gasteiger charge is 2.13. The standard InChI is InChI=1S/C16H20OSi/c17-12-7-13-18-16(14-8-3-1-4-9-14)15-10-5-2-6-11-15/h1-6,8-11,16-17H,7,12-13,18H2. The number of aliphatic hydroxyl groups is 1. The van der Waals surface area contributed by atoms with Crippen molar-refractivity contribution in [1.29, 1.82) is 0 Å². The molecular formula is C16H20OSi. The highest BCUT2D eigenvalue weighted by atomic mass is 28.2. The quantitative estimate of drug-likeness (QED) is 0.622. The van der Waals surface area contributed by atoms with Crippen LogP contribution in [0.5, 0.6) is 0 Å². The van der Waals surface area contributed by atoms with Gasteiger partial charge in [0, 0.05) is 16.1 Å². The topological polar surface area (TPSA) is 20.2 Å². The molecule has 2 heteroatoms. The van der Waals surface area contributed by atoms with E-state index in [1.54, 1.807) is 0 Å². The van der Waals surface area contributed by atoms with Crippen LogP contribution in [0.1, 0.15) is 23.1 Å². The van der Waals surface area contributed by atoms with Gasteiger partial charge in [-0.15, -0.1) is 0 Å². The molecule has 18 heavy (non-hydrogen) atoms. The van der Waals surface area contributed by atoms with Crippen molar-refractivity contribution in [3.05, 3.63) is 71.8 Å². The highest BCUT2D eigenvalue weighted by Crippen LogP contribution is 2.24. The van der Waals surface area contributed by atoms with E-state index in [1.807, 2.05) is 0 Å². The van der Waals surface area contributed by atoms with Crippen LogP contribution in [-0.4, -0.2) is 21.2 Å². The number of aliphatic hydroxyl groups excluding tert-OH is 1. The molecule has 0 saturated heterocycles. The summed E-state index contributed by atoms with van der Waals surface area (Å²) in [4.78, 5) is 0. The first-order valence-corrected chi connectivity index (χ1v) is 8.44. The Kier molecular flexibility index (Phi) is 5.18. The molecule has 0 aromatic heterocycles. The molecule has 1 nitrogen and oxygen atoms in total. The van der Waals surface area contributed by atoms with Crippen LogP contribution >= 0.6 is 0 Å². The largest absolute Gasteiger partial charge is 0.396 e. The maximum absolute atomic E-state index is 8.94. The van der Waals surface area contributed by atoms with E-state index < -0.39 is 0 Å². The lowest BCUT2D eigenvalue weighted by molar-refractivity contribution is 0.295. The minimum Gasteiger partial charge on any atom is -0.396 e. The minimum atomic E-state index is -0.242. The Hall–Kier alpha value is -1.38. The molecule has 0 bridgehead atoms. The van der Waals surface area contributed by atoms with Gasteiger partial charge in [0.1, 0.15) is 0 Å². The summed E-state index contributed by atoms with van der Waals surface area (Å²) >= 11 is 0. The Morgan fingerprint density at radius 3 is 1.78 bits per heavy atom. The molecule has 0 unspecified atom stereocenters. The van der Waals surface area contributed by atoms with Gasteiger partial charge in [-0.1, -0.05) is 66.7 Å². The second kappa shape index (κ2) is 7.14. The van der Waals surface area contributed by atoms with Gasteiger partial charge in [0.2, 0.25) is 0 Å². The summed E-state index contributed by atoms with van der Waals surface area (Å²) in [6.45, 7) is 0.323. The van der Waals surface area contributed by atoms with Gasteiger partial charge in [-0.05, 0) is 23.1 Å². The van der Waals surface area contributed by atoms with Crippen molar-refractivity contribution in [3.8, 4) is 0 Å². The third kappa shape index (κ3) is 3.55. The molecule has 2 aromatic rings. The fourth-order valence-corrected chi connectivity index (χ4v) is 4.49. The first kappa shape index (κ1) is 13.1. The minimum absolute atomic E-state index is 0.242. The van der Waals surface area contributed by atoms with Gasteiger partial charge in [-0.2, -0.15) is 0 Å². The van der Waals surface area contributed by atoms with Gasteiger partial charge >= 0.3 is 0 Å². The van der Waals surface area contributed by atoms with Crippen molar-refractivity contribution in [2.24, 2.45) is 0 Å². The van der Waals surface area contributed by atoms with E-state index in [-0.39, 0.29) is 9.52 Å². The summed E-state index contributed by atoms with van der Waals surface area (Å²) in [5.41, 5.74) is 3.43. The first-order valence-electron chi connectivity index (χ1n) is 6.62. The summed E-state index contributed by atoms with van der Waals surface area (Å²) in [6, 6.07) is 22.7. The summed E-state index contributed by atoms with van der Waals surface area (Å²) in [5, 5.41) is 8.94. The fourth-order valence-electron chi connectivity index (χ4n) is 2.36. The van der Waals surface area contributed by atoms with E-state index in [0.717, 1.165) is 6.42 Å². The monoisotopic (exact) mass is 256 g/mol.